The van der Waals surface area contributed by atoms with Crippen LogP contribution in [0.5, 0.6) is 0 Å². The van der Waals surface area contributed by atoms with E-state index in [0.29, 0.717) is 0 Å². The van der Waals surface area contributed by atoms with Gasteiger partial charge in [0.15, 0.2) is 0 Å². The number of benzene rings is 7. The molecule has 224 valence electrons. The number of hydrogen-bond acceptors (Lipinski definition) is 4. The molecule has 9 rings (SSSR count). The maximum absolute atomic E-state index is 6.60. The average Bonchev–Trinajstić information content (AvgIpc) is 3.54. The van der Waals surface area contributed by atoms with Gasteiger partial charge in [0.2, 0.25) is 0 Å². The number of furan rings is 1. The highest BCUT2D eigenvalue weighted by atomic mass is 16.3. The van der Waals surface area contributed by atoms with Crippen molar-refractivity contribution in [2.75, 3.05) is 0 Å². The van der Waals surface area contributed by atoms with E-state index in [1.54, 1.807) is 0 Å². The lowest BCUT2D eigenvalue weighted by atomic mass is 9.98. The number of nitrogens with zero attached hydrogens (tertiary/aromatic N) is 1. The van der Waals surface area contributed by atoms with Gasteiger partial charge in [0.25, 0.3) is 0 Å². The Hall–Kier alpha value is -5.97. The third-order valence-corrected chi connectivity index (χ3v) is 9.17. The van der Waals surface area contributed by atoms with Crippen LogP contribution in [0.1, 0.15) is 29.0 Å². The van der Waals surface area contributed by atoms with Crippen molar-refractivity contribution >= 4 is 38.5 Å². The summed E-state index contributed by atoms with van der Waals surface area (Å²) in [7, 11) is 0. The summed E-state index contributed by atoms with van der Waals surface area (Å²) in [4.78, 5) is 5.34. The van der Waals surface area contributed by atoms with Crippen LogP contribution in [0.15, 0.2) is 173 Å². The Balaban J connectivity index is 1.18. The van der Waals surface area contributed by atoms with Crippen LogP contribution < -0.4 is 10.6 Å². The SMILES string of the molecule is c1ccc(-c2ccc(C3NC(c4ccc5ccccc5c4)=NC(c4cccc5oc6c(-c7ccccc7)cccc6c45)N3)cc2)cc1. The van der Waals surface area contributed by atoms with Gasteiger partial charge in [0, 0.05) is 27.5 Å². The number of aliphatic imine (C=N–C) groups is 1. The van der Waals surface area contributed by atoms with Gasteiger partial charge in [-0.05, 0) is 45.2 Å². The fourth-order valence-electron chi connectivity index (χ4n) is 6.82. The first-order valence-corrected chi connectivity index (χ1v) is 16.0. The van der Waals surface area contributed by atoms with Crippen molar-refractivity contribution in [3.8, 4) is 22.3 Å². The lowest BCUT2D eigenvalue weighted by molar-refractivity contribution is 0.410. The zero-order chi connectivity index (χ0) is 31.2. The molecule has 0 amide bonds. The molecule has 4 heteroatoms. The number of hydrogen-bond donors (Lipinski definition) is 2. The van der Waals surface area contributed by atoms with Gasteiger partial charge in [0.1, 0.15) is 29.3 Å². The minimum absolute atomic E-state index is 0.169. The monoisotopic (exact) mass is 605 g/mol. The van der Waals surface area contributed by atoms with Crippen molar-refractivity contribution < 1.29 is 4.42 Å². The van der Waals surface area contributed by atoms with E-state index in [0.717, 1.165) is 55.6 Å². The van der Waals surface area contributed by atoms with Gasteiger partial charge in [-0.1, -0.05) is 152 Å². The quantitative estimate of drug-likeness (QED) is 0.205. The summed E-state index contributed by atoms with van der Waals surface area (Å²) in [6.07, 6.45) is -0.488. The van der Waals surface area contributed by atoms with Gasteiger partial charge < -0.3 is 9.73 Å². The van der Waals surface area contributed by atoms with Crippen molar-refractivity contribution in [1.82, 2.24) is 10.6 Å². The highest BCUT2D eigenvalue weighted by Gasteiger charge is 2.28. The molecule has 0 bridgehead atoms. The second-order valence-electron chi connectivity index (χ2n) is 12.0. The Morgan fingerprint density at radius 1 is 0.532 bits per heavy atom. The van der Waals surface area contributed by atoms with Gasteiger partial charge in [-0.2, -0.15) is 0 Å². The molecule has 7 aromatic carbocycles. The first-order valence-electron chi connectivity index (χ1n) is 16.0. The molecule has 0 saturated heterocycles. The maximum Gasteiger partial charge on any atom is 0.143 e. The van der Waals surface area contributed by atoms with E-state index in [9.17, 15) is 0 Å². The standard InChI is InChI=1S/C43H31N3O/c1-3-11-28(12-4-1)30-21-24-32(25-22-30)41-44-42(34-26-23-29-13-7-8-16-33(29)27-34)46-43(45-41)37-19-10-20-38-39(37)36-18-9-17-35(40(36)47-38)31-14-5-2-6-15-31/h1-27,41,43,45H,(H,44,46). The van der Waals surface area contributed by atoms with E-state index in [-0.39, 0.29) is 12.3 Å². The number of para-hydroxylation sites is 1. The summed E-state index contributed by atoms with van der Waals surface area (Å²) in [5.41, 5.74) is 9.62. The Kier molecular flexibility index (Phi) is 6.65. The van der Waals surface area contributed by atoms with Crippen molar-refractivity contribution in [2.45, 2.75) is 12.3 Å². The summed E-state index contributed by atoms with van der Waals surface area (Å²) in [6.45, 7) is 0. The summed E-state index contributed by atoms with van der Waals surface area (Å²) >= 11 is 0. The lowest BCUT2D eigenvalue weighted by Crippen LogP contribution is -2.45. The van der Waals surface area contributed by atoms with Crippen LogP contribution in [0.2, 0.25) is 0 Å². The maximum atomic E-state index is 6.60. The molecule has 0 spiro atoms. The molecule has 0 radical (unpaired) electrons. The summed E-state index contributed by atoms with van der Waals surface area (Å²) < 4.78 is 6.60. The fourth-order valence-corrected chi connectivity index (χ4v) is 6.82. The third-order valence-electron chi connectivity index (χ3n) is 9.17. The van der Waals surface area contributed by atoms with Gasteiger partial charge in [-0.3, -0.25) is 5.32 Å². The molecule has 47 heavy (non-hydrogen) atoms. The lowest BCUT2D eigenvalue weighted by Gasteiger charge is -2.32. The van der Waals surface area contributed by atoms with Crippen LogP contribution >= 0.6 is 0 Å². The van der Waals surface area contributed by atoms with Crippen LogP contribution in [-0.4, -0.2) is 5.84 Å². The number of fused-ring (bicyclic) bond motifs is 4. The first-order chi connectivity index (χ1) is 23.3. The second kappa shape index (κ2) is 11.4. The third kappa shape index (κ3) is 4.96. The zero-order valence-corrected chi connectivity index (χ0v) is 25.6. The predicted octanol–water partition coefficient (Wildman–Crippen LogP) is 10.4. The molecule has 0 aliphatic carbocycles. The van der Waals surface area contributed by atoms with Gasteiger partial charge in [0.05, 0.1) is 0 Å². The normalized spacial score (nSPS) is 16.3. The Morgan fingerprint density at radius 2 is 1.21 bits per heavy atom. The minimum atomic E-state index is -0.318. The molecule has 8 aromatic rings. The Morgan fingerprint density at radius 3 is 2.02 bits per heavy atom. The molecule has 2 heterocycles. The van der Waals surface area contributed by atoms with Crippen LogP contribution in [0, 0.1) is 0 Å². The van der Waals surface area contributed by atoms with Gasteiger partial charge in [-0.25, -0.2) is 4.99 Å². The van der Waals surface area contributed by atoms with Gasteiger partial charge >= 0.3 is 0 Å². The van der Waals surface area contributed by atoms with Crippen LogP contribution in [0.25, 0.3) is 55.0 Å². The molecule has 1 aliphatic rings. The van der Waals surface area contributed by atoms with E-state index in [1.807, 2.05) is 12.1 Å². The van der Waals surface area contributed by atoms with E-state index < -0.39 is 0 Å². The molecule has 1 aromatic heterocycles. The molecule has 1 aliphatic heterocycles. The summed E-state index contributed by atoms with van der Waals surface area (Å²) in [5, 5.41) is 12.1. The van der Waals surface area contributed by atoms with E-state index >= 15 is 0 Å². The van der Waals surface area contributed by atoms with Crippen molar-refractivity contribution in [2.24, 2.45) is 4.99 Å². The largest absolute Gasteiger partial charge is 0.455 e. The summed E-state index contributed by atoms with van der Waals surface area (Å²) in [6, 6.07) is 57.4. The molecular formula is C43H31N3O. The molecular weight excluding hydrogens is 574 g/mol. The molecule has 0 saturated carbocycles. The first kappa shape index (κ1) is 27.3. The highest BCUT2D eigenvalue weighted by molar-refractivity contribution is 6.11. The minimum Gasteiger partial charge on any atom is -0.455 e. The summed E-state index contributed by atoms with van der Waals surface area (Å²) in [5.74, 6) is 0.853. The number of amidine groups is 1. The number of rotatable bonds is 5. The highest BCUT2D eigenvalue weighted by Crippen LogP contribution is 2.40. The Bertz CT molecular complexity index is 2410. The smallest absolute Gasteiger partial charge is 0.143 e. The van der Waals surface area contributed by atoms with Crippen molar-refractivity contribution in [3.63, 3.8) is 0 Å². The Labute approximate surface area is 273 Å². The van der Waals surface area contributed by atoms with Crippen molar-refractivity contribution in [1.29, 1.82) is 0 Å². The molecule has 2 atom stereocenters. The fraction of sp³-hybridized carbons (Fsp3) is 0.0465. The molecule has 2 unspecified atom stereocenters. The van der Waals surface area contributed by atoms with E-state index in [1.165, 1.54) is 21.9 Å². The van der Waals surface area contributed by atoms with E-state index in [2.05, 4.69) is 162 Å². The second-order valence-corrected chi connectivity index (χ2v) is 12.0. The van der Waals surface area contributed by atoms with Crippen molar-refractivity contribution in [3.05, 3.63) is 180 Å². The topological polar surface area (TPSA) is 49.6 Å². The van der Waals surface area contributed by atoms with E-state index in [4.69, 9.17) is 9.41 Å². The molecule has 2 N–H and O–H groups in total. The van der Waals surface area contributed by atoms with Crippen LogP contribution in [0.4, 0.5) is 0 Å². The number of nitrogens with one attached hydrogen (secondary N) is 2. The zero-order valence-electron chi connectivity index (χ0n) is 25.6. The van der Waals surface area contributed by atoms with Gasteiger partial charge in [-0.15, -0.1) is 0 Å². The predicted molar refractivity (Wildman–Crippen MR) is 193 cm³/mol. The van der Waals surface area contributed by atoms with Crippen LogP contribution in [-0.2, 0) is 0 Å². The molecule has 0 fully saturated rings. The average molecular weight is 606 g/mol. The molecule has 4 nitrogen and oxygen atoms in total. The van der Waals surface area contributed by atoms with Crippen LogP contribution in [0.3, 0.4) is 0 Å².